The number of benzene rings is 1. The van der Waals surface area contributed by atoms with Crippen molar-refractivity contribution in [1.29, 1.82) is 0 Å². The van der Waals surface area contributed by atoms with Gasteiger partial charge in [0.1, 0.15) is 0 Å². The molecular weight excluding hydrogens is 222 g/mol. The summed E-state index contributed by atoms with van der Waals surface area (Å²) in [5.74, 6) is 0.844. The van der Waals surface area contributed by atoms with Gasteiger partial charge in [0.05, 0.1) is 6.10 Å². The number of hydrogen-bond donors (Lipinski definition) is 1. The van der Waals surface area contributed by atoms with E-state index in [1.807, 2.05) is 0 Å². The van der Waals surface area contributed by atoms with Crippen LogP contribution in [0.25, 0.3) is 0 Å². The lowest BCUT2D eigenvalue weighted by Gasteiger charge is -2.26. The molecule has 0 unspecified atom stereocenters. The molecule has 98 valence electrons. The van der Waals surface area contributed by atoms with E-state index in [0.29, 0.717) is 12.1 Å². The van der Waals surface area contributed by atoms with Gasteiger partial charge in [-0.05, 0) is 43.6 Å². The third kappa shape index (κ3) is 3.12. The molecule has 2 atom stereocenters. The first-order valence-electron chi connectivity index (χ1n) is 7.33. The Hall–Kier alpha value is -0.860. The SMILES string of the molecule is c1ccc([C@H](NC[C@@H]2CCCCO2)C2CC2)cc1. The highest BCUT2D eigenvalue weighted by atomic mass is 16.5. The van der Waals surface area contributed by atoms with Gasteiger partial charge in [-0.3, -0.25) is 0 Å². The van der Waals surface area contributed by atoms with Crippen LogP contribution < -0.4 is 5.32 Å². The van der Waals surface area contributed by atoms with Crippen molar-refractivity contribution in [2.75, 3.05) is 13.2 Å². The van der Waals surface area contributed by atoms with Gasteiger partial charge in [0.25, 0.3) is 0 Å². The molecule has 1 aromatic rings. The molecule has 3 rings (SSSR count). The van der Waals surface area contributed by atoms with Gasteiger partial charge in [0.15, 0.2) is 0 Å². The average molecular weight is 245 g/mol. The third-order valence-electron chi connectivity index (χ3n) is 4.09. The van der Waals surface area contributed by atoms with Crippen molar-refractivity contribution in [2.24, 2.45) is 5.92 Å². The fourth-order valence-electron chi connectivity index (χ4n) is 2.87. The van der Waals surface area contributed by atoms with Gasteiger partial charge in [-0.2, -0.15) is 0 Å². The smallest absolute Gasteiger partial charge is 0.0699 e. The molecule has 0 radical (unpaired) electrons. The summed E-state index contributed by atoms with van der Waals surface area (Å²) in [7, 11) is 0. The van der Waals surface area contributed by atoms with Crippen LogP contribution in [0.5, 0.6) is 0 Å². The lowest BCUT2D eigenvalue weighted by Crippen LogP contribution is -2.34. The quantitative estimate of drug-likeness (QED) is 0.859. The summed E-state index contributed by atoms with van der Waals surface area (Å²) in [6.45, 7) is 1.96. The van der Waals surface area contributed by atoms with E-state index >= 15 is 0 Å². The van der Waals surface area contributed by atoms with Crippen LogP contribution in [0.3, 0.4) is 0 Å². The second-order valence-electron chi connectivity index (χ2n) is 5.62. The van der Waals surface area contributed by atoms with Crippen LogP contribution in [0.2, 0.25) is 0 Å². The minimum atomic E-state index is 0.434. The van der Waals surface area contributed by atoms with Gasteiger partial charge in [0.2, 0.25) is 0 Å². The summed E-state index contributed by atoms with van der Waals surface area (Å²) >= 11 is 0. The van der Waals surface area contributed by atoms with Gasteiger partial charge in [-0.25, -0.2) is 0 Å². The highest BCUT2D eigenvalue weighted by Crippen LogP contribution is 2.40. The largest absolute Gasteiger partial charge is 0.377 e. The molecule has 2 fully saturated rings. The standard InChI is InChI=1S/C16H23NO/c1-2-6-13(7-3-1)16(14-9-10-14)17-12-15-8-4-5-11-18-15/h1-3,6-7,14-17H,4-5,8-12H2/t15-,16-/m0/s1. The first-order chi connectivity index (χ1) is 8.93. The van der Waals surface area contributed by atoms with E-state index in [1.54, 1.807) is 0 Å². The van der Waals surface area contributed by atoms with Gasteiger partial charge in [0, 0.05) is 19.2 Å². The van der Waals surface area contributed by atoms with E-state index in [4.69, 9.17) is 4.74 Å². The third-order valence-corrected chi connectivity index (χ3v) is 4.09. The molecular formula is C16H23NO. The Bertz CT molecular complexity index is 355. The summed E-state index contributed by atoms with van der Waals surface area (Å²) in [6, 6.07) is 11.4. The Balaban J connectivity index is 1.57. The predicted molar refractivity (Wildman–Crippen MR) is 73.5 cm³/mol. The van der Waals surface area contributed by atoms with Crippen LogP contribution in [0, 0.1) is 5.92 Å². The Morgan fingerprint density at radius 2 is 1.94 bits per heavy atom. The molecule has 1 N–H and O–H groups in total. The topological polar surface area (TPSA) is 21.3 Å². The van der Waals surface area contributed by atoms with E-state index < -0.39 is 0 Å². The number of hydrogen-bond acceptors (Lipinski definition) is 2. The second kappa shape index (κ2) is 5.85. The van der Waals surface area contributed by atoms with Crippen molar-refractivity contribution < 1.29 is 4.74 Å². The number of ether oxygens (including phenoxy) is 1. The molecule has 0 bridgehead atoms. The Morgan fingerprint density at radius 1 is 1.11 bits per heavy atom. The molecule has 2 nitrogen and oxygen atoms in total. The molecule has 0 spiro atoms. The van der Waals surface area contributed by atoms with E-state index in [9.17, 15) is 0 Å². The molecule has 1 saturated heterocycles. The fourth-order valence-corrected chi connectivity index (χ4v) is 2.87. The Morgan fingerprint density at radius 3 is 2.61 bits per heavy atom. The minimum absolute atomic E-state index is 0.434. The normalized spacial score (nSPS) is 25.9. The highest BCUT2D eigenvalue weighted by molar-refractivity contribution is 5.21. The first kappa shape index (κ1) is 12.2. The van der Waals surface area contributed by atoms with Crippen molar-refractivity contribution in [2.45, 2.75) is 44.2 Å². The number of nitrogens with one attached hydrogen (secondary N) is 1. The maximum absolute atomic E-state index is 5.80. The van der Waals surface area contributed by atoms with Crippen molar-refractivity contribution in [3.05, 3.63) is 35.9 Å². The van der Waals surface area contributed by atoms with Gasteiger partial charge < -0.3 is 10.1 Å². The highest BCUT2D eigenvalue weighted by Gasteiger charge is 2.32. The molecule has 1 saturated carbocycles. The van der Waals surface area contributed by atoms with Crippen LogP contribution in [0.15, 0.2) is 30.3 Å². The zero-order chi connectivity index (χ0) is 12.2. The van der Waals surface area contributed by atoms with E-state index in [1.165, 1.54) is 37.7 Å². The molecule has 2 heteroatoms. The Kier molecular flexibility index (Phi) is 3.96. The van der Waals surface area contributed by atoms with E-state index in [0.717, 1.165) is 19.1 Å². The maximum Gasteiger partial charge on any atom is 0.0699 e. The molecule has 1 aliphatic carbocycles. The second-order valence-corrected chi connectivity index (χ2v) is 5.62. The van der Waals surface area contributed by atoms with E-state index in [-0.39, 0.29) is 0 Å². The first-order valence-corrected chi connectivity index (χ1v) is 7.33. The molecule has 1 heterocycles. The lowest BCUT2D eigenvalue weighted by molar-refractivity contribution is 0.0149. The van der Waals surface area contributed by atoms with Crippen molar-refractivity contribution in [3.8, 4) is 0 Å². The minimum Gasteiger partial charge on any atom is -0.377 e. The molecule has 1 aromatic carbocycles. The van der Waals surface area contributed by atoms with E-state index in [2.05, 4.69) is 35.6 Å². The zero-order valence-electron chi connectivity index (χ0n) is 11.0. The summed E-state index contributed by atoms with van der Waals surface area (Å²) in [5.41, 5.74) is 1.44. The summed E-state index contributed by atoms with van der Waals surface area (Å²) in [4.78, 5) is 0. The monoisotopic (exact) mass is 245 g/mol. The van der Waals surface area contributed by atoms with Crippen LogP contribution in [-0.2, 0) is 4.74 Å². The summed E-state index contributed by atoms with van der Waals surface area (Å²) < 4.78 is 5.80. The summed E-state index contributed by atoms with van der Waals surface area (Å²) in [6.07, 6.45) is 6.96. The number of rotatable bonds is 5. The molecule has 18 heavy (non-hydrogen) atoms. The Labute approximate surface area is 110 Å². The van der Waals surface area contributed by atoms with Gasteiger partial charge >= 0.3 is 0 Å². The average Bonchev–Trinajstić information content (AvgIpc) is 3.26. The van der Waals surface area contributed by atoms with Gasteiger partial charge in [-0.1, -0.05) is 30.3 Å². The molecule has 0 amide bonds. The zero-order valence-corrected chi connectivity index (χ0v) is 11.0. The van der Waals surface area contributed by atoms with Gasteiger partial charge in [-0.15, -0.1) is 0 Å². The van der Waals surface area contributed by atoms with Crippen LogP contribution >= 0.6 is 0 Å². The lowest BCUT2D eigenvalue weighted by atomic mass is 10.0. The summed E-state index contributed by atoms with van der Waals surface area (Å²) in [5, 5.41) is 3.74. The van der Waals surface area contributed by atoms with Crippen molar-refractivity contribution >= 4 is 0 Å². The van der Waals surface area contributed by atoms with Crippen LogP contribution in [0.4, 0.5) is 0 Å². The molecule has 0 aromatic heterocycles. The maximum atomic E-state index is 5.80. The molecule has 1 aliphatic heterocycles. The predicted octanol–water partition coefficient (Wildman–Crippen LogP) is 3.30. The van der Waals surface area contributed by atoms with Crippen molar-refractivity contribution in [1.82, 2.24) is 5.32 Å². The molecule has 2 aliphatic rings. The van der Waals surface area contributed by atoms with Crippen molar-refractivity contribution in [3.63, 3.8) is 0 Å². The fraction of sp³-hybridized carbons (Fsp3) is 0.625. The van der Waals surface area contributed by atoms with Crippen LogP contribution in [0.1, 0.15) is 43.7 Å². The van der Waals surface area contributed by atoms with Crippen LogP contribution in [-0.4, -0.2) is 19.3 Å².